The number of fused-ring (bicyclic) bond motifs is 1. The summed E-state index contributed by atoms with van der Waals surface area (Å²) in [4.78, 5) is 12.4. The molecule has 3 rings (SSSR count). The summed E-state index contributed by atoms with van der Waals surface area (Å²) in [5, 5.41) is 6.54. The highest BCUT2D eigenvalue weighted by atomic mass is 35.5. The Labute approximate surface area is 135 Å². The van der Waals surface area contributed by atoms with Gasteiger partial charge in [0.05, 0.1) is 10.7 Å². The molecule has 1 saturated carbocycles. The van der Waals surface area contributed by atoms with Gasteiger partial charge in [0.1, 0.15) is 0 Å². The van der Waals surface area contributed by atoms with Crippen molar-refractivity contribution in [1.82, 2.24) is 5.32 Å². The highest BCUT2D eigenvalue weighted by molar-refractivity contribution is 6.34. The summed E-state index contributed by atoms with van der Waals surface area (Å²) in [6.07, 6.45) is 7.27. The van der Waals surface area contributed by atoms with Gasteiger partial charge in [0, 0.05) is 29.4 Å². The zero-order valence-electron chi connectivity index (χ0n) is 12.4. The minimum absolute atomic E-state index is 0.0269. The van der Waals surface area contributed by atoms with Crippen molar-refractivity contribution >= 4 is 35.0 Å². The number of nitrogens with one attached hydrogen (secondary N) is 2. The average Bonchev–Trinajstić information content (AvgIpc) is 2.50. The number of anilines is 1. The van der Waals surface area contributed by atoms with E-state index in [1.165, 1.54) is 0 Å². The fourth-order valence-corrected chi connectivity index (χ4v) is 3.22. The third-order valence-corrected chi connectivity index (χ3v) is 4.70. The topological polar surface area (TPSA) is 67.1 Å². The molecule has 0 atom stereocenters. The van der Waals surface area contributed by atoms with E-state index in [9.17, 15) is 4.79 Å². The number of hydrogen-bond donors (Lipinski definition) is 3. The van der Waals surface area contributed by atoms with Gasteiger partial charge in [0.15, 0.2) is 0 Å². The second kappa shape index (κ2) is 6.15. The summed E-state index contributed by atoms with van der Waals surface area (Å²) in [7, 11) is 0. The quantitative estimate of drug-likeness (QED) is 0.783. The summed E-state index contributed by atoms with van der Waals surface area (Å²) >= 11 is 6.30. The molecule has 116 valence electrons. The standard InChI is InChI=1S/C17H20ClN3O/c1-10-14-9-15(18)16(8-12(14)6-7-20-10)21-17(22)11-2-4-13(19)5-3-11/h6-9,11,13,20H,1-5,19H2,(H,21,22)/t11-,13+. The number of hydrogen-bond acceptors (Lipinski definition) is 3. The van der Waals surface area contributed by atoms with Crippen LogP contribution in [0.3, 0.4) is 0 Å². The molecule has 22 heavy (non-hydrogen) atoms. The molecule has 1 aromatic rings. The van der Waals surface area contributed by atoms with Crippen molar-refractivity contribution in [3.8, 4) is 0 Å². The Kier molecular flexibility index (Phi) is 4.23. The lowest BCUT2D eigenvalue weighted by Crippen LogP contribution is -2.32. The maximum absolute atomic E-state index is 12.4. The second-order valence-corrected chi connectivity index (χ2v) is 6.38. The lowest BCUT2D eigenvalue weighted by molar-refractivity contribution is -0.120. The van der Waals surface area contributed by atoms with Crippen LogP contribution in [0.5, 0.6) is 0 Å². The van der Waals surface area contributed by atoms with Gasteiger partial charge < -0.3 is 16.4 Å². The predicted molar refractivity (Wildman–Crippen MR) is 91.2 cm³/mol. The minimum Gasteiger partial charge on any atom is -0.362 e. The number of rotatable bonds is 2. The SMILES string of the molecule is C=C1NC=Cc2cc(NC(=O)[C@H]3CC[C@@H](N)CC3)c(Cl)cc21. The molecule has 0 spiro atoms. The van der Waals surface area contributed by atoms with E-state index in [2.05, 4.69) is 17.2 Å². The molecule has 1 aliphatic carbocycles. The molecule has 0 saturated heterocycles. The van der Waals surface area contributed by atoms with Crippen LogP contribution in [-0.2, 0) is 4.79 Å². The minimum atomic E-state index is 0.0269. The van der Waals surface area contributed by atoms with Crippen LogP contribution < -0.4 is 16.4 Å². The van der Waals surface area contributed by atoms with Gasteiger partial charge >= 0.3 is 0 Å². The van der Waals surface area contributed by atoms with Gasteiger partial charge in [0.2, 0.25) is 5.91 Å². The number of halogens is 1. The average molecular weight is 318 g/mol. The van der Waals surface area contributed by atoms with Gasteiger partial charge in [-0.25, -0.2) is 0 Å². The smallest absolute Gasteiger partial charge is 0.227 e. The van der Waals surface area contributed by atoms with Gasteiger partial charge in [-0.3, -0.25) is 4.79 Å². The predicted octanol–water partition coefficient (Wildman–Crippen LogP) is 3.34. The van der Waals surface area contributed by atoms with E-state index >= 15 is 0 Å². The van der Waals surface area contributed by atoms with Crippen LogP contribution in [-0.4, -0.2) is 11.9 Å². The zero-order valence-corrected chi connectivity index (χ0v) is 13.1. The Morgan fingerprint density at radius 1 is 1.32 bits per heavy atom. The first-order valence-electron chi connectivity index (χ1n) is 7.57. The van der Waals surface area contributed by atoms with Crippen LogP contribution in [0.1, 0.15) is 36.8 Å². The third kappa shape index (κ3) is 3.03. The van der Waals surface area contributed by atoms with E-state index in [0.717, 1.165) is 42.5 Å². The van der Waals surface area contributed by atoms with Gasteiger partial charge in [-0.1, -0.05) is 18.2 Å². The number of benzene rings is 1. The summed E-state index contributed by atoms with van der Waals surface area (Å²) in [6.45, 7) is 3.95. The van der Waals surface area contributed by atoms with E-state index in [1.807, 2.05) is 24.4 Å². The monoisotopic (exact) mass is 317 g/mol. The largest absolute Gasteiger partial charge is 0.362 e. The van der Waals surface area contributed by atoms with Crippen LogP contribution in [0.25, 0.3) is 11.8 Å². The van der Waals surface area contributed by atoms with Gasteiger partial charge in [-0.15, -0.1) is 0 Å². The maximum atomic E-state index is 12.4. The van der Waals surface area contributed by atoms with Crippen molar-refractivity contribution in [2.45, 2.75) is 31.7 Å². The highest BCUT2D eigenvalue weighted by Gasteiger charge is 2.25. The molecule has 0 unspecified atom stereocenters. The lowest BCUT2D eigenvalue weighted by atomic mass is 9.86. The molecule has 0 aromatic heterocycles. The van der Waals surface area contributed by atoms with Gasteiger partial charge in [-0.2, -0.15) is 0 Å². The van der Waals surface area contributed by atoms with Crippen LogP contribution in [0.2, 0.25) is 5.02 Å². The summed E-state index contributed by atoms with van der Waals surface area (Å²) < 4.78 is 0. The molecule has 5 heteroatoms. The molecular formula is C17H20ClN3O. The second-order valence-electron chi connectivity index (χ2n) is 5.98. The van der Waals surface area contributed by atoms with Crippen molar-refractivity contribution in [3.05, 3.63) is 41.1 Å². The maximum Gasteiger partial charge on any atom is 0.227 e. The van der Waals surface area contributed by atoms with Crippen LogP contribution >= 0.6 is 11.6 Å². The number of carbonyl (C=O) groups is 1. The van der Waals surface area contributed by atoms with Crippen molar-refractivity contribution in [1.29, 1.82) is 0 Å². The van der Waals surface area contributed by atoms with Gasteiger partial charge in [0.25, 0.3) is 0 Å². The third-order valence-electron chi connectivity index (χ3n) is 4.39. The number of nitrogens with two attached hydrogens (primary N) is 1. The first kappa shape index (κ1) is 15.1. The molecule has 1 heterocycles. The van der Waals surface area contributed by atoms with Gasteiger partial charge in [-0.05, 0) is 49.5 Å². The van der Waals surface area contributed by atoms with Crippen LogP contribution in [0.15, 0.2) is 24.9 Å². The molecule has 1 amide bonds. The summed E-state index contributed by atoms with van der Waals surface area (Å²) in [5.41, 5.74) is 9.29. The van der Waals surface area contributed by atoms with E-state index in [0.29, 0.717) is 10.7 Å². The zero-order chi connectivity index (χ0) is 15.7. The van der Waals surface area contributed by atoms with E-state index in [-0.39, 0.29) is 17.9 Å². The van der Waals surface area contributed by atoms with Crippen molar-refractivity contribution < 1.29 is 4.79 Å². The van der Waals surface area contributed by atoms with Crippen LogP contribution in [0.4, 0.5) is 5.69 Å². The summed E-state index contributed by atoms with van der Waals surface area (Å²) in [5.74, 6) is 0.0598. The summed E-state index contributed by atoms with van der Waals surface area (Å²) in [6, 6.07) is 3.97. The van der Waals surface area contributed by atoms with Crippen LogP contribution in [0, 0.1) is 5.92 Å². The molecule has 1 aromatic carbocycles. The highest BCUT2D eigenvalue weighted by Crippen LogP contribution is 2.32. The molecule has 4 N–H and O–H groups in total. The van der Waals surface area contributed by atoms with E-state index in [4.69, 9.17) is 17.3 Å². The lowest BCUT2D eigenvalue weighted by Gasteiger charge is -2.25. The Morgan fingerprint density at radius 2 is 2.05 bits per heavy atom. The fraction of sp³-hybridized carbons (Fsp3) is 0.353. The first-order valence-corrected chi connectivity index (χ1v) is 7.95. The van der Waals surface area contributed by atoms with Crippen molar-refractivity contribution in [3.63, 3.8) is 0 Å². The molecule has 1 fully saturated rings. The fourth-order valence-electron chi connectivity index (χ4n) is 3.01. The number of carbonyl (C=O) groups excluding carboxylic acids is 1. The first-order chi connectivity index (χ1) is 10.5. The molecule has 4 nitrogen and oxygen atoms in total. The Balaban J connectivity index is 1.77. The molecule has 0 radical (unpaired) electrons. The Bertz CT molecular complexity index is 646. The van der Waals surface area contributed by atoms with Crippen molar-refractivity contribution in [2.75, 3.05) is 5.32 Å². The van der Waals surface area contributed by atoms with E-state index in [1.54, 1.807) is 0 Å². The van der Waals surface area contributed by atoms with Crippen molar-refractivity contribution in [2.24, 2.45) is 11.7 Å². The molecular weight excluding hydrogens is 298 g/mol. The van der Waals surface area contributed by atoms with E-state index < -0.39 is 0 Å². The Hall–Kier alpha value is -1.78. The normalized spacial score (nSPS) is 23.6. The molecule has 0 bridgehead atoms. The molecule has 2 aliphatic rings. The number of amides is 1. The molecule has 1 aliphatic heterocycles. The Morgan fingerprint density at radius 3 is 2.77 bits per heavy atom.